The van der Waals surface area contributed by atoms with E-state index in [9.17, 15) is 32.8 Å². The Morgan fingerprint density at radius 1 is 0.670 bits per heavy atom. The van der Waals surface area contributed by atoms with E-state index in [1.54, 1.807) is 33.9 Å². The SMILES string of the molecule is CCO[C@@H]1C[C@H]2C(=O)NC3(CC(C)(C)C3)C(=O)N(C)[C@@H](C3CCCC3)C(=O)N(C)[C@H](C(=O)N(C)CC)CC(=O)N(C)[C@@H](CC(C)C)C(=O)N[C@@H]([C@@H](C)CC)C(=O)N(C)CC(=O)N(C)[C@H]3C/C=C\CCN(C3=O)[C@@H](CC3CCC(C(F)F)CC3)C(=O)N(C)CC(=O)N[C@@H](CCC3CCC(Cl)C(Cl)C3)C(=O)N2C1. The zero-order valence-electron chi connectivity index (χ0n) is 65.7. The van der Waals surface area contributed by atoms with E-state index < -0.39 is 180 Å². The second-order valence-corrected chi connectivity index (χ2v) is 34.2. The number of nitrogens with zero attached hydrogens (tertiary/aromatic N) is 9. The number of rotatable bonds is 15. The number of alkyl halides is 4. The maximum absolute atomic E-state index is 15.9. The summed E-state index contributed by atoms with van der Waals surface area (Å²) in [6.07, 6.45) is 6.94. The van der Waals surface area contributed by atoms with Crippen LogP contribution in [0.5, 0.6) is 0 Å². The summed E-state index contributed by atoms with van der Waals surface area (Å²) in [5.41, 5.74) is -2.10. The van der Waals surface area contributed by atoms with Crippen LogP contribution in [0.4, 0.5) is 8.78 Å². The van der Waals surface area contributed by atoms with E-state index in [-0.39, 0.29) is 113 Å². The summed E-state index contributed by atoms with van der Waals surface area (Å²) in [5.74, 6) is -9.95. The molecule has 3 unspecified atom stereocenters. The monoisotopic (exact) mass is 1530 g/mol. The molecule has 106 heavy (non-hydrogen) atoms. The molecule has 2 bridgehead atoms. The summed E-state index contributed by atoms with van der Waals surface area (Å²) in [6.45, 7) is 14.0. The predicted octanol–water partition coefficient (Wildman–Crippen LogP) is 6.83. The zero-order chi connectivity index (χ0) is 78.6. The van der Waals surface area contributed by atoms with Crippen LogP contribution in [-0.4, -0.2) is 281 Å². The molecule has 598 valence electrons. The number of nitrogens with one attached hydrogen (secondary N) is 3. The minimum Gasteiger partial charge on any atom is -0.377 e. The molecule has 3 aliphatic heterocycles. The van der Waals surface area contributed by atoms with Gasteiger partial charge in [-0.1, -0.05) is 73.0 Å². The van der Waals surface area contributed by atoms with Gasteiger partial charge in [0.25, 0.3) is 0 Å². The molecule has 2 saturated heterocycles. The molecule has 13 atom stereocenters. The van der Waals surface area contributed by atoms with Crippen molar-refractivity contribution in [1.82, 2.24) is 60.0 Å². The average molecular weight is 1530 g/mol. The van der Waals surface area contributed by atoms with Crippen molar-refractivity contribution in [3.05, 3.63) is 12.2 Å². The molecule has 0 aromatic heterocycles. The van der Waals surface area contributed by atoms with Crippen molar-refractivity contribution in [2.45, 2.75) is 274 Å². The molecule has 0 aromatic rings. The normalized spacial score (nSPS) is 31.9. The van der Waals surface area contributed by atoms with E-state index >= 15 is 33.6 Å². The highest BCUT2D eigenvalue weighted by Gasteiger charge is 2.59. The van der Waals surface area contributed by atoms with Gasteiger partial charge in [0, 0.05) is 93.3 Å². The lowest BCUT2D eigenvalue weighted by Crippen LogP contribution is -2.71. The summed E-state index contributed by atoms with van der Waals surface area (Å²) in [4.78, 5) is 195. The topological polar surface area (TPSA) is 279 Å². The Bertz CT molecular complexity index is 3150. The minimum absolute atomic E-state index is 0.00100. The molecule has 6 fully saturated rings. The fourth-order valence-electron chi connectivity index (χ4n) is 17.5. The van der Waals surface area contributed by atoms with Crippen LogP contribution in [0, 0.1) is 40.9 Å². The first-order valence-electron chi connectivity index (χ1n) is 39.0. The molecule has 1 spiro atoms. The first-order valence-corrected chi connectivity index (χ1v) is 39.9. The van der Waals surface area contributed by atoms with Crippen molar-refractivity contribution < 1.29 is 71.1 Å². The van der Waals surface area contributed by atoms with Crippen LogP contribution in [0.25, 0.3) is 0 Å². The molecule has 0 radical (unpaired) electrons. The average Bonchev–Trinajstić information content (AvgIpc) is 0.908. The number of amides is 12. The Balaban J connectivity index is 1.33. The summed E-state index contributed by atoms with van der Waals surface area (Å²) in [7, 11) is 10.2. The fraction of sp³-hybridized carbons (Fsp3) is 0.818. The third kappa shape index (κ3) is 21.4. The quantitative estimate of drug-likeness (QED) is 0.112. The van der Waals surface area contributed by atoms with Gasteiger partial charge >= 0.3 is 0 Å². The van der Waals surface area contributed by atoms with Crippen LogP contribution in [0.2, 0.25) is 0 Å². The second kappa shape index (κ2) is 38.4. The lowest BCUT2D eigenvalue weighted by Gasteiger charge is -2.54. The molecule has 4 aliphatic carbocycles. The van der Waals surface area contributed by atoms with Gasteiger partial charge in [0.15, 0.2) is 0 Å². The van der Waals surface area contributed by atoms with Crippen LogP contribution in [-0.2, 0) is 62.3 Å². The van der Waals surface area contributed by atoms with Crippen molar-refractivity contribution >= 4 is 94.1 Å². The minimum atomic E-state index is -2.54. The smallest absolute Gasteiger partial charge is 0.248 e. The Morgan fingerprint density at radius 2 is 1.31 bits per heavy atom. The van der Waals surface area contributed by atoms with E-state index in [2.05, 4.69) is 16.0 Å². The van der Waals surface area contributed by atoms with Crippen LogP contribution >= 0.6 is 23.2 Å². The maximum atomic E-state index is 15.9. The van der Waals surface area contributed by atoms with Gasteiger partial charge in [-0.25, -0.2) is 8.78 Å². The van der Waals surface area contributed by atoms with Gasteiger partial charge in [-0.2, -0.15) is 0 Å². The number of carbonyl (C=O) groups is 12. The van der Waals surface area contributed by atoms with Gasteiger partial charge in [-0.15, -0.1) is 23.2 Å². The molecule has 3 heterocycles. The number of fused-ring (bicyclic) bond motifs is 3. The summed E-state index contributed by atoms with van der Waals surface area (Å²) < 4.78 is 34.4. The largest absolute Gasteiger partial charge is 0.377 e. The number of halogens is 4. The predicted molar refractivity (Wildman–Crippen MR) is 399 cm³/mol. The molecular formula is C77H124Cl2F2N12O13. The van der Waals surface area contributed by atoms with Crippen molar-refractivity contribution in [3.63, 3.8) is 0 Å². The summed E-state index contributed by atoms with van der Waals surface area (Å²) >= 11 is 13.3. The van der Waals surface area contributed by atoms with Gasteiger partial charge in [-0.3, -0.25) is 57.5 Å². The van der Waals surface area contributed by atoms with E-state index in [1.165, 1.54) is 81.5 Å². The Labute approximate surface area is 637 Å². The standard InChI is InChI=1S/C77H124Cl2F2N12O13/c1-16-47(6)64-73(103)87(11)43-63(96)88(12)56-26-20-19-23-35-92(72(56)102)60(38-49-27-31-51(32-28-49)66(80)81)71(101)86(10)42-61(94)82-55(34-30-48-29-33-53(78)54(79)37-48)69(99)93-41-52(106-18-3)39-58(93)68(98)84-77(44-76(7,8)45-77)75(105)91(15)65(50-24-21-22-25-50)74(104)90(14)59(70(100)85(9)17-2)40-62(95)89(13)57(36-46(4)5)67(97)83-64/h19-20,46-60,64-66H,16-18,21-45H2,1-15H3,(H,82,94)(H,83,97)(H,84,98)/b20-19-/t47-,48?,49?,51?,52+,53?,54?,55-,56-,57-,58-,59-,60-,64-,65-/m0/s1. The fourth-order valence-corrected chi connectivity index (χ4v) is 18.2. The van der Waals surface area contributed by atoms with E-state index in [0.29, 0.717) is 64.2 Å². The van der Waals surface area contributed by atoms with Crippen molar-refractivity contribution in [2.24, 2.45) is 40.9 Å². The molecule has 12 amide bonds. The molecule has 4 saturated carbocycles. The Kier molecular flexibility index (Phi) is 31.5. The van der Waals surface area contributed by atoms with E-state index in [4.69, 9.17) is 27.9 Å². The second-order valence-electron chi connectivity index (χ2n) is 33.1. The third-order valence-corrected chi connectivity index (χ3v) is 25.3. The number of hydrogen-bond acceptors (Lipinski definition) is 13. The van der Waals surface area contributed by atoms with Crippen molar-refractivity contribution in [2.75, 3.05) is 88.7 Å². The lowest BCUT2D eigenvalue weighted by atomic mass is 9.58. The van der Waals surface area contributed by atoms with Crippen LogP contribution < -0.4 is 16.0 Å². The third-order valence-electron chi connectivity index (χ3n) is 24.1. The van der Waals surface area contributed by atoms with Gasteiger partial charge in [0.2, 0.25) is 77.3 Å². The molecule has 25 nitrogen and oxygen atoms in total. The Morgan fingerprint density at radius 3 is 1.91 bits per heavy atom. The zero-order valence-corrected chi connectivity index (χ0v) is 67.2. The highest BCUT2D eigenvalue weighted by molar-refractivity contribution is 6.30. The number of hydrogen-bond donors (Lipinski definition) is 3. The molecule has 3 N–H and O–H groups in total. The first-order chi connectivity index (χ1) is 49.9. The van der Waals surface area contributed by atoms with Crippen LogP contribution in [0.3, 0.4) is 0 Å². The molecule has 0 aromatic carbocycles. The number of carbonyl (C=O) groups excluding carboxylic acids is 12. The van der Waals surface area contributed by atoms with Gasteiger partial charge in [0.1, 0.15) is 53.9 Å². The first kappa shape index (κ1) is 87.0. The highest BCUT2D eigenvalue weighted by Crippen LogP contribution is 2.50. The number of ether oxygens (including phenoxy) is 1. The van der Waals surface area contributed by atoms with Gasteiger partial charge in [-0.05, 0) is 158 Å². The summed E-state index contributed by atoms with van der Waals surface area (Å²) in [5, 5.41) is 8.39. The van der Waals surface area contributed by atoms with E-state index in [0.717, 1.165) is 17.7 Å². The highest BCUT2D eigenvalue weighted by atomic mass is 35.5. The molecular weight excluding hydrogens is 1410 g/mol. The number of likely N-dealkylation sites (N-methyl/N-ethyl adjacent to an activating group) is 7. The van der Waals surface area contributed by atoms with Crippen molar-refractivity contribution in [1.29, 1.82) is 0 Å². The van der Waals surface area contributed by atoms with Gasteiger partial charge in [0.05, 0.1) is 31.0 Å². The lowest BCUT2D eigenvalue weighted by molar-refractivity contribution is -0.161. The Hall–Kier alpha value is -6.22. The summed E-state index contributed by atoms with van der Waals surface area (Å²) in [6, 6.07) is -10.1. The van der Waals surface area contributed by atoms with Crippen LogP contribution in [0.1, 0.15) is 197 Å². The van der Waals surface area contributed by atoms with Gasteiger partial charge < -0.3 is 64.8 Å². The van der Waals surface area contributed by atoms with Crippen molar-refractivity contribution in [3.8, 4) is 0 Å². The molecule has 7 rings (SSSR count). The molecule has 29 heteroatoms. The van der Waals surface area contributed by atoms with Crippen LogP contribution in [0.15, 0.2) is 12.2 Å². The van der Waals surface area contributed by atoms with E-state index in [1.807, 2.05) is 40.7 Å². The molecule has 7 aliphatic rings. The maximum Gasteiger partial charge on any atom is 0.248 e.